The number of hydrogen-bond acceptors (Lipinski definition) is 2. The monoisotopic (exact) mass is 250 g/mol. The molecule has 0 radical (unpaired) electrons. The summed E-state index contributed by atoms with van der Waals surface area (Å²) in [6, 6.07) is 8.43. The molecule has 2 nitrogen and oxygen atoms in total. The van der Waals surface area contributed by atoms with Crippen LogP contribution in [-0.2, 0) is 4.79 Å². The fourth-order valence-corrected chi connectivity index (χ4v) is 2.15. The molecule has 0 saturated carbocycles. The number of carboxylic acid groups (broad SMARTS) is 1. The Balaban J connectivity index is 2.53. The van der Waals surface area contributed by atoms with Crippen LogP contribution in [0, 0.1) is 0 Å². The van der Waals surface area contributed by atoms with Gasteiger partial charge in [0.15, 0.2) is 0 Å². The van der Waals surface area contributed by atoms with Gasteiger partial charge in [-0.25, -0.2) is 4.79 Å². The first kappa shape index (κ1) is 13.8. The molecule has 0 unspecified atom stereocenters. The second kappa shape index (κ2) is 6.50. The highest BCUT2D eigenvalue weighted by Crippen LogP contribution is 2.22. The lowest BCUT2D eigenvalue weighted by Gasteiger charge is -2.05. The lowest BCUT2D eigenvalue weighted by molar-refractivity contribution is -0.132. The summed E-state index contributed by atoms with van der Waals surface area (Å²) >= 11 is 1.65. The third-order valence-corrected chi connectivity index (χ3v) is 3.46. The Kier molecular flexibility index (Phi) is 5.29. The molecule has 0 spiro atoms. The van der Waals surface area contributed by atoms with Gasteiger partial charge in [-0.15, -0.1) is 11.8 Å². The first-order valence-corrected chi connectivity index (χ1v) is 6.62. The van der Waals surface area contributed by atoms with Crippen LogP contribution in [0.2, 0.25) is 0 Å². The molecule has 17 heavy (non-hydrogen) atoms. The van der Waals surface area contributed by atoms with Crippen molar-refractivity contribution in [1.29, 1.82) is 0 Å². The Morgan fingerprint density at radius 3 is 2.41 bits per heavy atom. The standard InChI is InChI=1S/C14H18O2S/c1-10(2)12-4-6-13(7-5-12)17-9-8-11(3)14(15)16/h4-8,10H,9H2,1-3H3,(H,15,16). The van der Waals surface area contributed by atoms with E-state index in [2.05, 4.69) is 38.1 Å². The van der Waals surface area contributed by atoms with Crippen LogP contribution < -0.4 is 0 Å². The molecule has 1 N–H and O–H groups in total. The predicted molar refractivity (Wildman–Crippen MR) is 72.6 cm³/mol. The van der Waals surface area contributed by atoms with Crippen molar-refractivity contribution >= 4 is 17.7 Å². The number of thioether (sulfide) groups is 1. The Bertz CT molecular complexity index is 405. The van der Waals surface area contributed by atoms with E-state index in [1.807, 2.05) is 0 Å². The molecule has 0 aliphatic carbocycles. The van der Waals surface area contributed by atoms with Crippen LogP contribution in [0.5, 0.6) is 0 Å². The lowest BCUT2D eigenvalue weighted by Crippen LogP contribution is -1.96. The number of benzene rings is 1. The summed E-state index contributed by atoms with van der Waals surface area (Å²) in [5, 5.41) is 8.70. The molecule has 0 aliphatic rings. The van der Waals surface area contributed by atoms with Crippen LogP contribution in [-0.4, -0.2) is 16.8 Å². The average Bonchev–Trinajstić information content (AvgIpc) is 2.29. The molecule has 0 atom stereocenters. The number of carbonyl (C=O) groups is 1. The molecule has 0 heterocycles. The second-order valence-corrected chi connectivity index (χ2v) is 5.32. The van der Waals surface area contributed by atoms with Crippen LogP contribution in [0.1, 0.15) is 32.3 Å². The molecular weight excluding hydrogens is 232 g/mol. The Morgan fingerprint density at radius 1 is 1.35 bits per heavy atom. The molecule has 0 aliphatic heterocycles. The first-order valence-electron chi connectivity index (χ1n) is 5.63. The zero-order chi connectivity index (χ0) is 12.8. The third kappa shape index (κ3) is 4.65. The van der Waals surface area contributed by atoms with E-state index in [9.17, 15) is 4.79 Å². The van der Waals surface area contributed by atoms with Crippen LogP contribution in [0.4, 0.5) is 0 Å². The quantitative estimate of drug-likeness (QED) is 0.635. The molecule has 3 heteroatoms. The van der Waals surface area contributed by atoms with Crippen LogP contribution in [0.15, 0.2) is 40.8 Å². The maximum atomic E-state index is 10.6. The van der Waals surface area contributed by atoms with Crippen LogP contribution in [0.25, 0.3) is 0 Å². The van der Waals surface area contributed by atoms with Gasteiger partial charge in [-0.3, -0.25) is 0 Å². The van der Waals surface area contributed by atoms with Crippen molar-refractivity contribution < 1.29 is 9.90 Å². The van der Waals surface area contributed by atoms with Crippen molar-refractivity contribution in [1.82, 2.24) is 0 Å². The van der Waals surface area contributed by atoms with E-state index < -0.39 is 5.97 Å². The normalized spacial score (nSPS) is 11.9. The highest BCUT2D eigenvalue weighted by molar-refractivity contribution is 7.99. The predicted octanol–water partition coefficient (Wildman–Crippen LogP) is 3.93. The average molecular weight is 250 g/mol. The topological polar surface area (TPSA) is 37.3 Å². The summed E-state index contributed by atoms with van der Waals surface area (Å²) in [4.78, 5) is 11.8. The molecule has 0 bridgehead atoms. The minimum absolute atomic E-state index is 0.399. The van der Waals surface area contributed by atoms with Crippen molar-refractivity contribution in [3.8, 4) is 0 Å². The molecule has 0 saturated heterocycles. The molecule has 0 amide bonds. The van der Waals surface area contributed by atoms with E-state index in [0.29, 0.717) is 17.2 Å². The van der Waals surface area contributed by atoms with Gasteiger partial charge in [0.25, 0.3) is 0 Å². The van der Waals surface area contributed by atoms with E-state index in [1.165, 1.54) is 10.5 Å². The third-order valence-electron chi connectivity index (χ3n) is 2.52. The fraction of sp³-hybridized carbons (Fsp3) is 0.357. The van der Waals surface area contributed by atoms with Crippen molar-refractivity contribution in [2.45, 2.75) is 31.6 Å². The number of hydrogen-bond donors (Lipinski definition) is 1. The molecule has 1 rings (SSSR count). The minimum atomic E-state index is -0.847. The summed E-state index contributed by atoms with van der Waals surface area (Å²) in [6.45, 7) is 5.95. The van der Waals surface area contributed by atoms with Crippen molar-refractivity contribution in [3.05, 3.63) is 41.5 Å². The summed E-state index contributed by atoms with van der Waals surface area (Å²) in [6.07, 6.45) is 1.74. The van der Waals surface area contributed by atoms with Crippen LogP contribution in [0.3, 0.4) is 0 Å². The van der Waals surface area contributed by atoms with E-state index in [4.69, 9.17) is 5.11 Å². The lowest BCUT2D eigenvalue weighted by atomic mass is 10.0. The number of carboxylic acids is 1. The highest BCUT2D eigenvalue weighted by atomic mass is 32.2. The highest BCUT2D eigenvalue weighted by Gasteiger charge is 2.00. The number of aliphatic carboxylic acids is 1. The van der Waals surface area contributed by atoms with Crippen molar-refractivity contribution in [2.24, 2.45) is 0 Å². The zero-order valence-corrected chi connectivity index (χ0v) is 11.3. The van der Waals surface area contributed by atoms with Gasteiger partial charge in [-0.1, -0.05) is 32.1 Å². The van der Waals surface area contributed by atoms with E-state index >= 15 is 0 Å². The van der Waals surface area contributed by atoms with Gasteiger partial charge in [0, 0.05) is 16.2 Å². The summed E-state index contributed by atoms with van der Waals surface area (Å²) in [7, 11) is 0. The maximum absolute atomic E-state index is 10.6. The van der Waals surface area contributed by atoms with Gasteiger partial charge in [0.1, 0.15) is 0 Å². The van der Waals surface area contributed by atoms with E-state index in [-0.39, 0.29) is 0 Å². The van der Waals surface area contributed by atoms with Crippen LogP contribution >= 0.6 is 11.8 Å². The SMILES string of the molecule is CC(=CCSc1ccc(C(C)C)cc1)C(=O)O. The minimum Gasteiger partial charge on any atom is -0.478 e. The van der Waals surface area contributed by atoms with Gasteiger partial charge in [-0.2, -0.15) is 0 Å². The van der Waals surface area contributed by atoms with Crippen molar-refractivity contribution in [2.75, 3.05) is 5.75 Å². The van der Waals surface area contributed by atoms with E-state index in [0.717, 1.165) is 0 Å². The van der Waals surface area contributed by atoms with Gasteiger partial charge in [0.05, 0.1) is 0 Å². The van der Waals surface area contributed by atoms with Gasteiger partial charge < -0.3 is 5.11 Å². The Morgan fingerprint density at radius 2 is 1.94 bits per heavy atom. The largest absolute Gasteiger partial charge is 0.478 e. The molecular formula is C14H18O2S. The molecule has 1 aromatic carbocycles. The fourth-order valence-electron chi connectivity index (χ4n) is 1.30. The molecule has 92 valence electrons. The Labute approximate surface area is 107 Å². The number of rotatable bonds is 5. The first-order chi connectivity index (χ1) is 8.00. The van der Waals surface area contributed by atoms with Gasteiger partial charge in [-0.05, 0) is 30.5 Å². The zero-order valence-electron chi connectivity index (χ0n) is 10.4. The summed E-state index contributed by atoms with van der Waals surface area (Å²) < 4.78 is 0. The van der Waals surface area contributed by atoms with Gasteiger partial charge in [0.2, 0.25) is 0 Å². The Hall–Kier alpha value is -1.22. The summed E-state index contributed by atoms with van der Waals surface area (Å²) in [5.41, 5.74) is 1.72. The van der Waals surface area contributed by atoms with Gasteiger partial charge >= 0.3 is 5.97 Å². The molecule has 1 aromatic rings. The molecule has 0 fully saturated rings. The van der Waals surface area contributed by atoms with Crippen molar-refractivity contribution in [3.63, 3.8) is 0 Å². The molecule has 0 aromatic heterocycles. The second-order valence-electron chi connectivity index (χ2n) is 4.23. The summed E-state index contributed by atoms with van der Waals surface area (Å²) in [5.74, 6) is 0.392. The van der Waals surface area contributed by atoms with E-state index in [1.54, 1.807) is 24.8 Å². The maximum Gasteiger partial charge on any atom is 0.330 e. The smallest absolute Gasteiger partial charge is 0.330 e.